The molecule has 0 bridgehead atoms. The van der Waals surface area contributed by atoms with Gasteiger partial charge in [-0.25, -0.2) is 0 Å². The van der Waals surface area contributed by atoms with Crippen molar-refractivity contribution in [3.8, 4) is 5.75 Å². The van der Waals surface area contributed by atoms with E-state index < -0.39 is 12.5 Å². The summed E-state index contributed by atoms with van der Waals surface area (Å²) >= 11 is 0. The van der Waals surface area contributed by atoms with Crippen molar-refractivity contribution >= 4 is 5.91 Å². The van der Waals surface area contributed by atoms with Gasteiger partial charge in [0.05, 0.1) is 5.56 Å². The minimum atomic E-state index is -2.95. The van der Waals surface area contributed by atoms with Crippen LogP contribution in [-0.2, 0) is 6.42 Å². The van der Waals surface area contributed by atoms with Crippen molar-refractivity contribution in [3.63, 3.8) is 0 Å². The Morgan fingerprint density at radius 2 is 1.92 bits per heavy atom. The van der Waals surface area contributed by atoms with Crippen LogP contribution in [0.3, 0.4) is 0 Å². The van der Waals surface area contributed by atoms with E-state index in [1.807, 2.05) is 12.1 Å². The lowest BCUT2D eigenvalue weighted by atomic mass is 9.83. The number of aryl methyl sites for hydroxylation is 1. The van der Waals surface area contributed by atoms with Gasteiger partial charge in [0, 0.05) is 12.5 Å². The smallest absolute Gasteiger partial charge is 0.387 e. The molecule has 0 radical (unpaired) electrons. The van der Waals surface area contributed by atoms with E-state index in [0.717, 1.165) is 19.3 Å². The summed E-state index contributed by atoms with van der Waals surface area (Å²) in [4.78, 5) is 12.4. The average Bonchev–Trinajstić information content (AvgIpc) is 2.59. The highest BCUT2D eigenvalue weighted by molar-refractivity contribution is 5.96. The van der Waals surface area contributed by atoms with Crippen LogP contribution in [0, 0.1) is 0 Å². The van der Waals surface area contributed by atoms with E-state index in [2.05, 4.69) is 22.2 Å². The maximum Gasteiger partial charge on any atom is 0.387 e. The number of alkyl halides is 2. The third-order valence-corrected chi connectivity index (χ3v) is 4.35. The van der Waals surface area contributed by atoms with Crippen molar-refractivity contribution in [1.82, 2.24) is 5.32 Å². The Hall–Kier alpha value is -2.43. The predicted molar refractivity (Wildman–Crippen MR) is 87.5 cm³/mol. The Morgan fingerprint density at radius 3 is 2.75 bits per heavy atom. The zero-order valence-electron chi connectivity index (χ0n) is 13.2. The van der Waals surface area contributed by atoms with E-state index in [9.17, 15) is 13.6 Å². The summed E-state index contributed by atoms with van der Waals surface area (Å²) in [6, 6.07) is 14.3. The summed E-state index contributed by atoms with van der Waals surface area (Å²) in [6.07, 6.45) is 3.15. The normalized spacial score (nSPS) is 16.5. The van der Waals surface area contributed by atoms with Gasteiger partial charge in [0.25, 0.3) is 5.91 Å². The fourth-order valence-corrected chi connectivity index (χ4v) is 3.23. The largest absolute Gasteiger partial charge is 0.434 e. The summed E-state index contributed by atoms with van der Waals surface area (Å²) < 4.78 is 29.3. The number of carbonyl (C=O) groups is 1. The number of rotatable bonds is 5. The first-order chi connectivity index (χ1) is 11.6. The Morgan fingerprint density at radius 1 is 1.17 bits per heavy atom. The second-order valence-electron chi connectivity index (χ2n) is 5.87. The van der Waals surface area contributed by atoms with Crippen LogP contribution < -0.4 is 10.1 Å². The number of para-hydroxylation sites is 1. The van der Waals surface area contributed by atoms with E-state index in [4.69, 9.17) is 0 Å². The monoisotopic (exact) mass is 331 g/mol. The fourth-order valence-electron chi connectivity index (χ4n) is 3.23. The highest BCUT2D eigenvalue weighted by Gasteiger charge is 2.21. The molecule has 126 valence electrons. The van der Waals surface area contributed by atoms with E-state index in [1.165, 1.54) is 23.3 Å². The van der Waals surface area contributed by atoms with Gasteiger partial charge in [-0.15, -0.1) is 0 Å². The van der Waals surface area contributed by atoms with Crippen molar-refractivity contribution in [2.75, 3.05) is 6.54 Å². The van der Waals surface area contributed by atoms with Gasteiger partial charge in [0.2, 0.25) is 0 Å². The van der Waals surface area contributed by atoms with E-state index in [-0.39, 0.29) is 17.2 Å². The van der Waals surface area contributed by atoms with Crippen LogP contribution in [0.5, 0.6) is 5.75 Å². The number of hydrogen-bond donors (Lipinski definition) is 1. The van der Waals surface area contributed by atoms with Crippen LogP contribution in [0.1, 0.15) is 40.2 Å². The molecule has 2 aromatic rings. The highest BCUT2D eigenvalue weighted by Crippen LogP contribution is 2.31. The van der Waals surface area contributed by atoms with Crippen molar-refractivity contribution in [1.29, 1.82) is 0 Å². The molecule has 0 saturated heterocycles. The van der Waals surface area contributed by atoms with Gasteiger partial charge < -0.3 is 10.1 Å². The molecular weight excluding hydrogens is 312 g/mol. The summed E-state index contributed by atoms with van der Waals surface area (Å²) in [7, 11) is 0. The zero-order valence-corrected chi connectivity index (χ0v) is 13.2. The van der Waals surface area contributed by atoms with Crippen LogP contribution in [0.15, 0.2) is 48.5 Å². The molecule has 0 aromatic heterocycles. The molecule has 0 aliphatic heterocycles. The SMILES string of the molecule is O=C(NCC1CCCc2ccccc21)c1ccccc1OC(F)F. The van der Waals surface area contributed by atoms with E-state index >= 15 is 0 Å². The minimum absolute atomic E-state index is 0.103. The van der Waals surface area contributed by atoms with Crippen molar-refractivity contribution in [2.45, 2.75) is 31.8 Å². The zero-order chi connectivity index (χ0) is 16.9. The second-order valence-corrected chi connectivity index (χ2v) is 5.87. The fraction of sp³-hybridized carbons (Fsp3) is 0.316. The van der Waals surface area contributed by atoms with E-state index in [0.29, 0.717) is 6.54 Å². The molecule has 1 N–H and O–H groups in total. The van der Waals surface area contributed by atoms with Gasteiger partial charge in [0.15, 0.2) is 0 Å². The Kier molecular flexibility index (Phi) is 5.08. The number of benzene rings is 2. The van der Waals surface area contributed by atoms with Crippen LogP contribution in [-0.4, -0.2) is 19.1 Å². The lowest BCUT2D eigenvalue weighted by Gasteiger charge is -2.25. The average molecular weight is 331 g/mol. The molecule has 0 heterocycles. The molecule has 1 amide bonds. The van der Waals surface area contributed by atoms with Gasteiger partial charge in [-0.05, 0) is 42.5 Å². The number of nitrogens with one attached hydrogen (secondary N) is 1. The number of ether oxygens (including phenoxy) is 1. The topological polar surface area (TPSA) is 38.3 Å². The number of halogens is 2. The maximum atomic E-state index is 12.5. The van der Waals surface area contributed by atoms with Crippen molar-refractivity contribution in [3.05, 3.63) is 65.2 Å². The van der Waals surface area contributed by atoms with E-state index in [1.54, 1.807) is 12.1 Å². The highest BCUT2D eigenvalue weighted by atomic mass is 19.3. The summed E-state index contributed by atoms with van der Waals surface area (Å²) in [6.45, 7) is -2.47. The molecule has 0 spiro atoms. The van der Waals surface area contributed by atoms with Gasteiger partial charge >= 0.3 is 6.61 Å². The molecular formula is C19H19F2NO2. The molecule has 2 aromatic carbocycles. The Balaban J connectivity index is 1.69. The molecule has 24 heavy (non-hydrogen) atoms. The number of amides is 1. The third kappa shape index (κ3) is 3.72. The molecule has 1 aliphatic carbocycles. The molecule has 0 fully saturated rings. The van der Waals surface area contributed by atoms with Crippen LogP contribution >= 0.6 is 0 Å². The molecule has 1 atom stereocenters. The first-order valence-corrected chi connectivity index (χ1v) is 8.05. The molecule has 1 unspecified atom stereocenters. The standard InChI is InChI=1S/C19H19F2NO2/c20-19(21)24-17-11-4-3-10-16(17)18(23)22-12-14-8-5-7-13-6-1-2-9-15(13)14/h1-4,6,9-11,14,19H,5,7-8,12H2,(H,22,23). The lowest BCUT2D eigenvalue weighted by molar-refractivity contribution is -0.0501. The van der Waals surface area contributed by atoms with Crippen molar-refractivity contribution in [2.24, 2.45) is 0 Å². The predicted octanol–water partition coefficient (Wildman–Crippen LogP) is 4.14. The second kappa shape index (κ2) is 7.43. The van der Waals surface area contributed by atoms with Gasteiger partial charge in [0.1, 0.15) is 5.75 Å². The van der Waals surface area contributed by atoms with Crippen LogP contribution in [0.2, 0.25) is 0 Å². The van der Waals surface area contributed by atoms with Crippen molar-refractivity contribution < 1.29 is 18.3 Å². The third-order valence-electron chi connectivity index (χ3n) is 4.35. The molecule has 5 heteroatoms. The quantitative estimate of drug-likeness (QED) is 0.894. The minimum Gasteiger partial charge on any atom is -0.434 e. The molecule has 0 saturated carbocycles. The first-order valence-electron chi connectivity index (χ1n) is 8.05. The van der Waals surface area contributed by atoms with Gasteiger partial charge in [-0.1, -0.05) is 36.4 Å². The summed E-state index contributed by atoms with van der Waals surface area (Å²) in [5.41, 5.74) is 2.72. The maximum absolute atomic E-state index is 12.5. The summed E-state index contributed by atoms with van der Waals surface area (Å²) in [5, 5.41) is 2.86. The van der Waals surface area contributed by atoms with Crippen LogP contribution in [0.25, 0.3) is 0 Å². The molecule has 3 rings (SSSR count). The van der Waals surface area contributed by atoms with Crippen LogP contribution in [0.4, 0.5) is 8.78 Å². The number of carbonyl (C=O) groups excluding carboxylic acids is 1. The Labute approximate surface area is 139 Å². The number of hydrogen-bond acceptors (Lipinski definition) is 2. The summed E-state index contributed by atoms with van der Waals surface area (Å²) in [5.74, 6) is -0.245. The Bertz CT molecular complexity index is 718. The molecule has 1 aliphatic rings. The molecule has 3 nitrogen and oxygen atoms in total. The number of fused-ring (bicyclic) bond motifs is 1. The van der Waals surface area contributed by atoms with Gasteiger partial charge in [-0.2, -0.15) is 8.78 Å². The lowest BCUT2D eigenvalue weighted by Crippen LogP contribution is -2.30. The van der Waals surface area contributed by atoms with Gasteiger partial charge in [-0.3, -0.25) is 4.79 Å². The first kappa shape index (κ1) is 16.4.